The van der Waals surface area contributed by atoms with Crippen LogP contribution in [-0.4, -0.2) is 41.8 Å². The monoisotopic (exact) mass is 365 g/mol. The molecule has 2 amide bonds. The van der Waals surface area contributed by atoms with Gasteiger partial charge in [-0.25, -0.2) is 0 Å². The van der Waals surface area contributed by atoms with Gasteiger partial charge in [0.2, 0.25) is 11.8 Å². The third-order valence-corrected chi connectivity index (χ3v) is 5.19. The minimum atomic E-state index is -0.278. The van der Waals surface area contributed by atoms with Gasteiger partial charge in [0, 0.05) is 44.6 Å². The topological polar surface area (TPSA) is 53.5 Å². The van der Waals surface area contributed by atoms with Crippen LogP contribution >= 0.6 is 0 Å². The Morgan fingerprint density at radius 1 is 1.22 bits per heavy atom. The van der Waals surface area contributed by atoms with Crippen LogP contribution in [0.5, 0.6) is 0 Å². The Labute approximate surface area is 161 Å². The fourth-order valence-corrected chi connectivity index (χ4v) is 3.60. The molecule has 1 atom stereocenters. The van der Waals surface area contributed by atoms with Crippen LogP contribution in [0.3, 0.4) is 0 Å². The van der Waals surface area contributed by atoms with Crippen molar-refractivity contribution in [1.29, 1.82) is 0 Å². The number of aromatic nitrogens is 1. The van der Waals surface area contributed by atoms with Crippen molar-refractivity contribution in [3.8, 4) is 0 Å². The van der Waals surface area contributed by atoms with E-state index in [-0.39, 0.29) is 24.2 Å². The van der Waals surface area contributed by atoms with Gasteiger partial charge in [0.15, 0.2) is 0 Å². The number of para-hydroxylation sites is 1. The molecule has 3 rings (SSSR count). The number of amides is 2. The van der Waals surface area contributed by atoms with Crippen LogP contribution < -0.4 is 4.90 Å². The van der Waals surface area contributed by atoms with Crippen molar-refractivity contribution in [2.45, 2.75) is 32.6 Å². The van der Waals surface area contributed by atoms with Gasteiger partial charge in [-0.05, 0) is 41.7 Å². The Morgan fingerprint density at radius 3 is 2.63 bits per heavy atom. The highest BCUT2D eigenvalue weighted by Crippen LogP contribution is 2.32. The average molecular weight is 365 g/mol. The van der Waals surface area contributed by atoms with Gasteiger partial charge >= 0.3 is 0 Å². The first-order valence-electron chi connectivity index (χ1n) is 9.50. The van der Waals surface area contributed by atoms with E-state index in [1.165, 1.54) is 0 Å². The molecule has 2 aromatic rings. The Hall–Kier alpha value is -2.69. The van der Waals surface area contributed by atoms with Crippen molar-refractivity contribution >= 4 is 17.5 Å². The second kappa shape index (κ2) is 8.33. The summed E-state index contributed by atoms with van der Waals surface area (Å²) < 4.78 is 0. The van der Waals surface area contributed by atoms with E-state index in [4.69, 9.17) is 0 Å². The maximum atomic E-state index is 12.8. The van der Waals surface area contributed by atoms with E-state index >= 15 is 0 Å². The summed E-state index contributed by atoms with van der Waals surface area (Å²) in [5.41, 5.74) is 3.23. The highest BCUT2D eigenvalue weighted by Gasteiger charge is 2.37. The molecule has 27 heavy (non-hydrogen) atoms. The number of carbonyl (C=O) groups is 2. The van der Waals surface area contributed by atoms with Gasteiger partial charge in [0.1, 0.15) is 0 Å². The molecule has 1 aromatic carbocycles. The Bertz CT molecular complexity index is 804. The molecule has 0 saturated carbocycles. The van der Waals surface area contributed by atoms with Gasteiger partial charge in [-0.15, -0.1) is 0 Å². The van der Waals surface area contributed by atoms with E-state index in [0.29, 0.717) is 19.0 Å². The first kappa shape index (κ1) is 19.1. The molecule has 1 aliphatic rings. The summed E-state index contributed by atoms with van der Waals surface area (Å²) in [5, 5.41) is 0. The molecule has 0 N–H and O–H groups in total. The van der Waals surface area contributed by atoms with Crippen LogP contribution in [0.25, 0.3) is 0 Å². The van der Waals surface area contributed by atoms with Gasteiger partial charge < -0.3 is 9.80 Å². The number of nitrogens with zero attached hydrogens (tertiary/aromatic N) is 3. The highest BCUT2D eigenvalue weighted by atomic mass is 16.2. The van der Waals surface area contributed by atoms with Crippen molar-refractivity contribution in [2.24, 2.45) is 5.92 Å². The van der Waals surface area contributed by atoms with Gasteiger partial charge in [0.25, 0.3) is 0 Å². The number of hydrogen-bond acceptors (Lipinski definition) is 3. The fraction of sp³-hybridized carbons (Fsp3) is 0.409. The molecule has 1 aliphatic heterocycles. The van der Waals surface area contributed by atoms with E-state index in [0.717, 1.165) is 23.2 Å². The lowest BCUT2D eigenvalue weighted by Gasteiger charge is -2.23. The molecule has 0 bridgehead atoms. The van der Waals surface area contributed by atoms with E-state index in [1.54, 1.807) is 22.2 Å². The molecule has 2 heterocycles. The van der Waals surface area contributed by atoms with Crippen LogP contribution in [0, 0.1) is 5.92 Å². The maximum absolute atomic E-state index is 12.8. The zero-order chi connectivity index (χ0) is 19.4. The minimum absolute atomic E-state index is 0.0315. The largest absolute Gasteiger partial charge is 0.345 e. The summed E-state index contributed by atoms with van der Waals surface area (Å²) in [4.78, 5) is 33.0. The lowest BCUT2D eigenvalue weighted by molar-refractivity contribution is -0.134. The van der Waals surface area contributed by atoms with E-state index in [9.17, 15) is 9.59 Å². The number of carbonyl (C=O) groups excluding carboxylic acids is 2. The number of rotatable bonds is 6. The zero-order valence-corrected chi connectivity index (χ0v) is 16.3. The third-order valence-electron chi connectivity index (χ3n) is 5.19. The zero-order valence-electron chi connectivity index (χ0n) is 16.3. The normalized spacial score (nSPS) is 16.8. The minimum Gasteiger partial charge on any atom is -0.345 e. The van der Waals surface area contributed by atoms with Gasteiger partial charge in [-0.3, -0.25) is 14.6 Å². The Morgan fingerprint density at radius 2 is 1.93 bits per heavy atom. The first-order valence-corrected chi connectivity index (χ1v) is 9.50. The van der Waals surface area contributed by atoms with Gasteiger partial charge in [0.05, 0.1) is 5.92 Å². The van der Waals surface area contributed by atoms with Crippen molar-refractivity contribution in [3.05, 3.63) is 59.9 Å². The SMILES string of the molecule is CC(C)c1ccccc1N1CC(C(=O)N(C)CCc2ccncc2)CC1=O. The maximum Gasteiger partial charge on any atom is 0.227 e. The Balaban J connectivity index is 1.65. The molecule has 0 radical (unpaired) electrons. The number of hydrogen-bond donors (Lipinski definition) is 0. The number of anilines is 1. The second-order valence-electron chi connectivity index (χ2n) is 7.48. The second-order valence-corrected chi connectivity index (χ2v) is 7.48. The van der Waals surface area contributed by atoms with Crippen molar-refractivity contribution < 1.29 is 9.59 Å². The molecular formula is C22H27N3O2. The number of likely N-dealkylation sites (N-methyl/N-ethyl adjacent to an activating group) is 1. The van der Waals surface area contributed by atoms with Crippen LogP contribution in [-0.2, 0) is 16.0 Å². The molecule has 1 unspecified atom stereocenters. The molecule has 142 valence electrons. The summed E-state index contributed by atoms with van der Waals surface area (Å²) >= 11 is 0. The highest BCUT2D eigenvalue weighted by molar-refractivity contribution is 6.00. The van der Waals surface area contributed by atoms with Crippen molar-refractivity contribution in [3.63, 3.8) is 0 Å². The third kappa shape index (κ3) is 4.35. The Kier molecular flexibility index (Phi) is 5.89. The summed E-state index contributed by atoms with van der Waals surface area (Å²) in [6, 6.07) is 11.9. The lowest BCUT2D eigenvalue weighted by Crippen LogP contribution is -2.36. The van der Waals surface area contributed by atoms with E-state index < -0.39 is 0 Å². The molecule has 0 aliphatic carbocycles. The van der Waals surface area contributed by atoms with E-state index in [2.05, 4.69) is 24.9 Å². The van der Waals surface area contributed by atoms with Gasteiger partial charge in [-0.2, -0.15) is 0 Å². The fourth-order valence-electron chi connectivity index (χ4n) is 3.60. The van der Waals surface area contributed by atoms with Crippen LogP contribution in [0.15, 0.2) is 48.8 Å². The summed E-state index contributed by atoms with van der Waals surface area (Å²) in [5.74, 6) is 0.123. The number of pyridine rings is 1. The van der Waals surface area contributed by atoms with Crippen molar-refractivity contribution in [1.82, 2.24) is 9.88 Å². The molecule has 1 aromatic heterocycles. The summed E-state index contributed by atoms with van der Waals surface area (Å²) in [7, 11) is 1.82. The quantitative estimate of drug-likeness (QED) is 0.789. The molecule has 1 fully saturated rings. The van der Waals surface area contributed by atoms with Crippen LogP contribution in [0.1, 0.15) is 37.3 Å². The van der Waals surface area contributed by atoms with Crippen LogP contribution in [0.2, 0.25) is 0 Å². The van der Waals surface area contributed by atoms with E-state index in [1.807, 2.05) is 37.4 Å². The summed E-state index contributed by atoms with van der Waals surface area (Å²) in [6.45, 7) is 5.33. The average Bonchev–Trinajstić information content (AvgIpc) is 3.07. The lowest BCUT2D eigenvalue weighted by atomic mass is 10.0. The predicted octanol–water partition coefficient (Wildman–Crippen LogP) is 3.26. The standard InChI is InChI=1S/C22H27N3O2/c1-16(2)19-6-4-5-7-20(19)25-15-18(14-21(25)26)22(27)24(3)13-10-17-8-11-23-12-9-17/h4-9,11-12,16,18H,10,13-15H2,1-3H3. The molecule has 1 saturated heterocycles. The molecular weight excluding hydrogens is 338 g/mol. The van der Waals surface area contributed by atoms with Gasteiger partial charge in [-0.1, -0.05) is 32.0 Å². The van der Waals surface area contributed by atoms with Crippen LogP contribution in [0.4, 0.5) is 5.69 Å². The molecule has 0 spiro atoms. The molecule has 5 heteroatoms. The first-order chi connectivity index (χ1) is 13.0. The predicted molar refractivity (Wildman–Crippen MR) is 107 cm³/mol. The smallest absolute Gasteiger partial charge is 0.227 e. The number of benzene rings is 1. The molecule has 5 nitrogen and oxygen atoms in total. The van der Waals surface area contributed by atoms with Crippen molar-refractivity contribution in [2.75, 3.05) is 25.0 Å². The summed E-state index contributed by atoms with van der Waals surface area (Å²) in [6.07, 6.45) is 4.59.